The summed E-state index contributed by atoms with van der Waals surface area (Å²) in [4.78, 5) is 34.7. The highest BCUT2D eigenvalue weighted by Gasteiger charge is 2.29. The molecule has 3 N–H and O–H groups in total. The van der Waals surface area contributed by atoms with Gasteiger partial charge in [-0.1, -0.05) is 11.6 Å². The molecule has 1 aliphatic heterocycles. The predicted molar refractivity (Wildman–Crippen MR) is 89.2 cm³/mol. The maximum atomic E-state index is 12.0. The number of halogens is 1. The van der Waals surface area contributed by atoms with Crippen molar-refractivity contribution < 1.29 is 19.1 Å². The van der Waals surface area contributed by atoms with Crippen molar-refractivity contribution in [3.8, 4) is 5.75 Å². The lowest BCUT2D eigenvalue weighted by Gasteiger charge is -2.19. The number of benzene rings is 1. The van der Waals surface area contributed by atoms with Gasteiger partial charge in [0.05, 0.1) is 16.4 Å². The first-order chi connectivity index (χ1) is 11.5. The SMILES string of the molecule is O=C(CCCNC(=O)C1CC1)Nc1cc2c(cc1Cl)NC(=O)CO2. The Kier molecular flexibility index (Phi) is 4.89. The van der Waals surface area contributed by atoms with Gasteiger partial charge < -0.3 is 20.7 Å². The fraction of sp³-hybridized carbons (Fsp3) is 0.438. The van der Waals surface area contributed by atoms with Crippen LogP contribution in [0.25, 0.3) is 0 Å². The Balaban J connectivity index is 1.48. The fourth-order valence-electron chi connectivity index (χ4n) is 2.36. The Morgan fingerprint density at radius 1 is 1.33 bits per heavy atom. The van der Waals surface area contributed by atoms with Gasteiger partial charge in [0, 0.05) is 24.9 Å². The van der Waals surface area contributed by atoms with Crippen molar-refractivity contribution in [2.75, 3.05) is 23.8 Å². The molecule has 1 heterocycles. The summed E-state index contributed by atoms with van der Waals surface area (Å²) in [5, 5.41) is 8.49. The van der Waals surface area contributed by atoms with Gasteiger partial charge in [0.2, 0.25) is 11.8 Å². The van der Waals surface area contributed by atoms with Crippen molar-refractivity contribution in [3.05, 3.63) is 17.2 Å². The summed E-state index contributed by atoms with van der Waals surface area (Å²) < 4.78 is 5.30. The van der Waals surface area contributed by atoms with E-state index in [0.29, 0.717) is 35.1 Å². The van der Waals surface area contributed by atoms with Crippen LogP contribution in [0.15, 0.2) is 12.1 Å². The van der Waals surface area contributed by atoms with Gasteiger partial charge in [-0.3, -0.25) is 14.4 Å². The first kappa shape index (κ1) is 16.6. The number of rotatable bonds is 6. The molecule has 0 bridgehead atoms. The zero-order valence-electron chi connectivity index (χ0n) is 13.0. The van der Waals surface area contributed by atoms with E-state index in [4.69, 9.17) is 16.3 Å². The number of carbonyl (C=O) groups excluding carboxylic acids is 3. The van der Waals surface area contributed by atoms with Gasteiger partial charge in [0.25, 0.3) is 5.91 Å². The Morgan fingerprint density at radius 2 is 2.12 bits per heavy atom. The fourth-order valence-corrected chi connectivity index (χ4v) is 2.57. The summed E-state index contributed by atoms with van der Waals surface area (Å²) in [6.07, 6.45) is 2.76. The van der Waals surface area contributed by atoms with Crippen molar-refractivity contribution in [2.24, 2.45) is 5.92 Å². The van der Waals surface area contributed by atoms with Crippen LogP contribution in [0.3, 0.4) is 0 Å². The van der Waals surface area contributed by atoms with Gasteiger partial charge >= 0.3 is 0 Å². The van der Waals surface area contributed by atoms with Crippen molar-refractivity contribution >= 4 is 40.7 Å². The van der Waals surface area contributed by atoms with Gasteiger partial charge in [0.1, 0.15) is 5.75 Å². The summed E-state index contributed by atoms with van der Waals surface area (Å²) in [7, 11) is 0. The summed E-state index contributed by atoms with van der Waals surface area (Å²) in [6.45, 7) is 0.415. The number of ether oxygens (including phenoxy) is 1. The molecule has 0 unspecified atom stereocenters. The quantitative estimate of drug-likeness (QED) is 0.682. The van der Waals surface area contributed by atoms with Crippen LogP contribution in [0.1, 0.15) is 25.7 Å². The van der Waals surface area contributed by atoms with Crippen LogP contribution in [0, 0.1) is 5.92 Å². The van der Waals surface area contributed by atoms with E-state index in [1.165, 1.54) is 0 Å². The predicted octanol–water partition coefficient (Wildman–Crippen LogP) is 1.92. The van der Waals surface area contributed by atoms with E-state index in [1.807, 2.05) is 0 Å². The van der Waals surface area contributed by atoms with Gasteiger partial charge in [-0.05, 0) is 25.3 Å². The zero-order valence-corrected chi connectivity index (χ0v) is 13.7. The minimum absolute atomic E-state index is 0.0668. The third-order valence-electron chi connectivity index (χ3n) is 3.80. The third kappa shape index (κ3) is 4.17. The Morgan fingerprint density at radius 3 is 2.88 bits per heavy atom. The topological polar surface area (TPSA) is 96.5 Å². The molecule has 3 rings (SSSR count). The number of amides is 3. The second kappa shape index (κ2) is 7.09. The van der Waals surface area contributed by atoms with E-state index in [9.17, 15) is 14.4 Å². The molecule has 1 saturated carbocycles. The summed E-state index contributed by atoms with van der Waals surface area (Å²) >= 11 is 6.12. The molecule has 2 aliphatic rings. The molecule has 128 valence electrons. The molecule has 0 aromatic heterocycles. The second-order valence-corrected chi connectivity index (χ2v) is 6.29. The Bertz CT molecular complexity index is 688. The molecule has 0 spiro atoms. The normalized spacial score (nSPS) is 15.8. The first-order valence-corrected chi connectivity index (χ1v) is 8.24. The standard InChI is InChI=1S/C16H18ClN3O4/c17-10-6-12-13(24-8-15(22)20-12)7-11(10)19-14(21)2-1-5-18-16(23)9-3-4-9/h6-7,9H,1-5,8H2,(H,18,23)(H,19,21)(H,20,22). The van der Waals surface area contributed by atoms with E-state index >= 15 is 0 Å². The number of anilines is 2. The molecule has 0 saturated heterocycles. The van der Waals surface area contributed by atoms with Gasteiger partial charge in [-0.2, -0.15) is 0 Å². The van der Waals surface area contributed by atoms with Crippen LogP contribution >= 0.6 is 11.6 Å². The minimum atomic E-state index is -0.247. The van der Waals surface area contributed by atoms with Crippen molar-refractivity contribution in [3.63, 3.8) is 0 Å². The van der Waals surface area contributed by atoms with E-state index in [0.717, 1.165) is 12.8 Å². The molecule has 1 aromatic carbocycles. The van der Waals surface area contributed by atoms with Crippen LogP contribution in [0.2, 0.25) is 5.02 Å². The molecule has 24 heavy (non-hydrogen) atoms. The van der Waals surface area contributed by atoms with Crippen molar-refractivity contribution in [1.29, 1.82) is 0 Å². The van der Waals surface area contributed by atoms with Crippen LogP contribution in [-0.2, 0) is 14.4 Å². The van der Waals surface area contributed by atoms with Crippen LogP contribution in [-0.4, -0.2) is 30.9 Å². The first-order valence-electron chi connectivity index (χ1n) is 7.86. The molecule has 7 nitrogen and oxygen atoms in total. The lowest BCUT2D eigenvalue weighted by Crippen LogP contribution is -2.27. The van der Waals surface area contributed by atoms with Gasteiger partial charge in [-0.25, -0.2) is 0 Å². The van der Waals surface area contributed by atoms with E-state index in [-0.39, 0.29) is 36.7 Å². The number of hydrogen-bond donors (Lipinski definition) is 3. The van der Waals surface area contributed by atoms with E-state index < -0.39 is 0 Å². The minimum Gasteiger partial charge on any atom is -0.482 e. The molecule has 1 aromatic rings. The van der Waals surface area contributed by atoms with E-state index in [1.54, 1.807) is 12.1 Å². The summed E-state index contributed by atoms with van der Waals surface area (Å²) in [5.74, 6) is 0.271. The highest BCUT2D eigenvalue weighted by atomic mass is 35.5. The largest absolute Gasteiger partial charge is 0.482 e. The maximum absolute atomic E-state index is 12.0. The third-order valence-corrected chi connectivity index (χ3v) is 4.12. The highest BCUT2D eigenvalue weighted by Crippen LogP contribution is 2.36. The molecular weight excluding hydrogens is 334 g/mol. The Hall–Kier alpha value is -2.28. The number of nitrogens with one attached hydrogen (secondary N) is 3. The lowest BCUT2D eigenvalue weighted by atomic mass is 10.2. The number of carbonyl (C=O) groups is 3. The van der Waals surface area contributed by atoms with Gasteiger partial charge in [0.15, 0.2) is 6.61 Å². The summed E-state index contributed by atoms with van der Waals surface area (Å²) in [5.41, 5.74) is 0.913. The Labute approximate surface area is 144 Å². The van der Waals surface area contributed by atoms with Crippen molar-refractivity contribution in [1.82, 2.24) is 5.32 Å². The zero-order chi connectivity index (χ0) is 17.1. The molecular formula is C16H18ClN3O4. The second-order valence-electron chi connectivity index (χ2n) is 5.88. The smallest absolute Gasteiger partial charge is 0.262 e. The average molecular weight is 352 g/mol. The number of fused-ring (bicyclic) bond motifs is 1. The molecule has 1 aliphatic carbocycles. The number of hydrogen-bond acceptors (Lipinski definition) is 4. The molecule has 1 fully saturated rings. The van der Waals surface area contributed by atoms with E-state index in [2.05, 4.69) is 16.0 Å². The van der Waals surface area contributed by atoms with Crippen molar-refractivity contribution in [2.45, 2.75) is 25.7 Å². The van der Waals surface area contributed by atoms with Crippen LogP contribution < -0.4 is 20.7 Å². The summed E-state index contributed by atoms with van der Waals surface area (Å²) in [6, 6.07) is 3.13. The molecule has 0 atom stereocenters. The highest BCUT2D eigenvalue weighted by molar-refractivity contribution is 6.34. The molecule has 0 radical (unpaired) electrons. The maximum Gasteiger partial charge on any atom is 0.262 e. The monoisotopic (exact) mass is 351 g/mol. The molecule has 3 amide bonds. The van der Waals surface area contributed by atoms with Crippen LogP contribution in [0.4, 0.5) is 11.4 Å². The average Bonchev–Trinajstić information content (AvgIpc) is 3.37. The van der Waals surface area contributed by atoms with Gasteiger partial charge in [-0.15, -0.1) is 0 Å². The lowest BCUT2D eigenvalue weighted by molar-refractivity contribution is -0.122. The van der Waals surface area contributed by atoms with Crippen LogP contribution in [0.5, 0.6) is 5.75 Å². The molecule has 8 heteroatoms.